The molecule has 112 valence electrons. The van der Waals surface area contributed by atoms with E-state index in [1.165, 1.54) is 0 Å². The van der Waals surface area contributed by atoms with Gasteiger partial charge in [-0.2, -0.15) is 0 Å². The summed E-state index contributed by atoms with van der Waals surface area (Å²) in [7, 11) is 1.56. The van der Waals surface area contributed by atoms with Crippen LogP contribution in [-0.4, -0.2) is 24.7 Å². The maximum absolute atomic E-state index is 12.1. The van der Waals surface area contributed by atoms with Crippen LogP contribution in [0.1, 0.15) is 42.6 Å². The summed E-state index contributed by atoms with van der Waals surface area (Å²) >= 11 is 6.13. The second-order valence-electron chi connectivity index (χ2n) is 4.96. The van der Waals surface area contributed by atoms with E-state index in [1.807, 2.05) is 19.9 Å². The lowest BCUT2D eigenvalue weighted by atomic mass is 9.94. The van der Waals surface area contributed by atoms with Crippen LogP contribution in [-0.2, 0) is 4.74 Å². The third-order valence-electron chi connectivity index (χ3n) is 3.26. The number of hydrogen-bond donors (Lipinski definition) is 0. The first-order valence-corrected chi connectivity index (χ1v) is 7.20. The highest BCUT2D eigenvalue weighted by atomic mass is 35.5. The van der Waals surface area contributed by atoms with E-state index in [0.29, 0.717) is 22.9 Å². The number of esters is 1. The molecule has 1 aromatic heterocycles. The number of rotatable bonds is 4. The number of ether oxygens (including phenoxy) is 2. The highest BCUT2D eigenvalue weighted by Crippen LogP contribution is 2.34. The molecule has 1 aromatic carbocycles. The average Bonchev–Trinajstić information content (AvgIpc) is 2.45. The molecule has 0 aliphatic carbocycles. The normalized spacial score (nSPS) is 11.0. The molecule has 4 nitrogen and oxygen atoms in total. The van der Waals surface area contributed by atoms with Crippen LogP contribution < -0.4 is 4.74 Å². The van der Waals surface area contributed by atoms with E-state index in [9.17, 15) is 4.79 Å². The zero-order valence-electron chi connectivity index (χ0n) is 12.6. The van der Waals surface area contributed by atoms with Crippen LogP contribution in [0.3, 0.4) is 0 Å². The Bertz CT molecular complexity index is 683. The van der Waals surface area contributed by atoms with Gasteiger partial charge in [0.2, 0.25) is 0 Å². The fourth-order valence-corrected chi connectivity index (χ4v) is 2.60. The van der Waals surface area contributed by atoms with E-state index < -0.39 is 0 Å². The quantitative estimate of drug-likeness (QED) is 0.794. The van der Waals surface area contributed by atoms with Gasteiger partial charge < -0.3 is 9.47 Å². The smallest absolute Gasteiger partial charge is 0.340 e. The molecule has 0 atom stereocenters. The summed E-state index contributed by atoms with van der Waals surface area (Å²) in [6.45, 7) is 6.17. The molecule has 0 saturated heterocycles. The van der Waals surface area contributed by atoms with Crippen molar-refractivity contribution in [2.45, 2.75) is 26.7 Å². The van der Waals surface area contributed by atoms with E-state index in [0.717, 1.165) is 16.5 Å². The first-order chi connectivity index (χ1) is 9.99. The van der Waals surface area contributed by atoms with Gasteiger partial charge in [-0.3, -0.25) is 4.98 Å². The van der Waals surface area contributed by atoms with Crippen molar-refractivity contribution in [3.8, 4) is 5.75 Å². The second-order valence-corrected chi connectivity index (χ2v) is 5.37. The van der Waals surface area contributed by atoms with E-state index in [1.54, 1.807) is 26.3 Å². The molecular weight excluding hydrogens is 290 g/mol. The van der Waals surface area contributed by atoms with Crippen molar-refractivity contribution in [1.29, 1.82) is 0 Å². The summed E-state index contributed by atoms with van der Waals surface area (Å²) in [5.41, 5.74) is 2.12. The lowest BCUT2D eigenvalue weighted by molar-refractivity contribution is 0.0524. The lowest BCUT2D eigenvalue weighted by Gasteiger charge is -2.16. The van der Waals surface area contributed by atoms with Gasteiger partial charge >= 0.3 is 5.97 Å². The Labute approximate surface area is 129 Å². The Morgan fingerprint density at radius 2 is 2.10 bits per heavy atom. The number of methoxy groups -OCH3 is 1. The molecule has 0 N–H and O–H groups in total. The van der Waals surface area contributed by atoms with Crippen LogP contribution in [0.25, 0.3) is 10.9 Å². The molecule has 5 heteroatoms. The van der Waals surface area contributed by atoms with E-state index >= 15 is 0 Å². The van der Waals surface area contributed by atoms with Crippen molar-refractivity contribution in [3.05, 3.63) is 34.5 Å². The molecule has 0 bridgehead atoms. The van der Waals surface area contributed by atoms with E-state index in [4.69, 9.17) is 21.1 Å². The highest BCUT2D eigenvalue weighted by Gasteiger charge is 2.20. The molecule has 0 aliphatic heterocycles. The van der Waals surface area contributed by atoms with E-state index in [2.05, 4.69) is 4.98 Å². The third kappa shape index (κ3) is 2.95. The Morgan fingerprint density at radius 1 is 1.38 bits per heavy atom. The first-order valence-electron chi connectivity index (χ1n) is 6.82. The molecule has 0 radical (unpaired) electrons. The van der Waals surface area contributed by atoms with Gasteiger partial charge in [-0.05, 0) is 30.5 Å². The fraction of sp³-hybridized carbons (Fsp3) is 0.375. The molecule has 0 amide bonds. The zero-order valence-corrected chi connectivity index (χ0v) is 13.3. The minimum atomic E-state index is -0.357. The van der Waals surface area contributed by atoms with Gasteiger partial charge in [0.05, 0.1) is 29.8 Å². The fourth-order valence-electron chi connectivity index (χ4n) is 2.36. The van der Waals surface area contributed by atoms with Gasteiger partial charge in [0.1, 0.15) is 5.75 Å². The van der Waals surface area contributed by atoms with Gasteiger partial charge in [-0.25, -0.2) is 4.79 Å². The van der Waals surface area contributed by atoms with Crippen LogP contribution in [0.4, 0.5) is 0 Å². The van der Waals surface area contributed by atoms with Crippen LogP contribution in [0.2, 0.25) is 5.02 Å². The molecule has 0 saturated carbocycles. The summed E-state index contributed by atoms with van der Waals surface area (Å²) in [4.78, 5) is 16.4. The highest BCUT2D eigenvalue weighted by molar-refractivity contribution is 6.32. The Morgan fingerprint density at radius 3 is 2.67 bits per heavy atom. The standard InChI is InChI=1S/C16H18ClNO3/c1-5-21-16(19)11-8-18-13-7-12(17)14(20-4)6-10(13)15(11)9(2)3/h6-9H,5H2,1-4H3. The number of halogens is 1. The van der Waals surface area contributed by atoms with Crippen LogP contribution in [0.5, 0.6) is 5.75 Å². The molecule has 0 spiro atoms. The van der Waals surface area contributed by atoms with Crippen molar-refractivity contribution in [3.63, 3.8) is 0 Å². The molecule has 21 heavy (non-hydrogen) atoms. The van der Waals surface area contributed by atoms with Gasteiger partial charge in [-0.1, -0.05) is 25.4 Å². The molecule has 2 rings (SSSR count). The summed E-state index contributed by atoms with van der Waals surface area (Å²) in [6, 6.07) is 3.57. The number of fused-ring (bicyclic) bond motifs is 1. The summed E-state index contributed by atoms with van der Waals surface area (Å²) < 4.78 is 10.4. The molecule has 0 unspecified atom stereocenters. The molecule has 1 heterocycles. The Balaban J connectivity index is 2.75. The van der Waals surface area contributed by atoms with Crippen LogP contribution >= 0.6 is 11.6 Å². The van der Waals surface area contributed by atoms with Gasteiger partial charge in [0.25, 0.3) is 0 Å². The van der Waals surface area contributed by atoms with E-state index in [-0.39, 0.29) is 11.9 Å². The predicted octanol–water partition coefficient (Wildman–Crippen LogP) is 4.20. The van der Waals surface area contributed by atoms with Crippen molar-refractivity contribution in [2.24, 2.45) is 0 Å². The number of carbonyl (C=O) groups excluding carboxylic acids is 1. The predicted molar refractivity (Wildman–Crippen MR) is 83.4 cm³/mol. The number of carbonyl (C=O) groups is 1. The number of aromatic nitrogens is 1. The van der Waals surface area contributed by atoms with Crippen molar-refractivity contribution >= 4 is 28.5 Å². The Hall–Kier alpha value is -1.81. The minimum Gasteiger partial charge on any atom is -0.495 e. The Kier molecular flexibility index (Phi) is 4.68. The van der Waals surface area contributed by atoms with Crippen molar-refractivity contribution < 1.29 is 14.3 Å². The molecule has 0 aliphatic rings. The average molecular weight is 308 g/mol. The maximum Gasteiger partial charge on any atom is 0.340 e. The summed E-state index contributed by atoms with van der Waals surface area (Å²) in [6.07, 6.45) is 1.55. The van der Waals surface area contributed by atoms with Crippen LogP contribution in [0, 0.1) is 0 Å². The minimum absolute atomic E-state index is 0.140. The lowest BCUT2D eigenvalue weighted by Crippen LogP contribution is -2.10. The SMILES string of the molecule is CCOC(=O)c1cnc2cc(Cl)c(OC)cc2c1C(C)C. The molecule has 0 fully saturated rings. The van der Waals surface area contributed by atoms with Gasteiger partial charge in [0.15, 0.2) is 0 Å². The van der Waals surface area contributed by atoms with Gasteiger partial charge in [-0.15, -0.1) is 0 Å². The van der Waals surface area contributed by atoms with Crippen LogP contribution in [0.15, 0.2) is 18.3 Å². The first kappa shape index (κ1) is 15.6. The second kappa shape index (κ2) is 6.31. The topological polar surface area (TPSA) is 48.4 Å². The molecule has 2 aromatic rings. The number of nitrogens with zero attached hydrogens (tertiary/aromatic N) is 1. The summed E-state index contributed by atoms with van der Waals surface area (Å²) in [5.74, 6) is 0.346. The summed E-state index contributed by atoms with van der Waals surface area (Å²) in [5, 5.41) is 1.35. The van der Waals surface area contributed by atoms with Crippen molar-refractivity contribution in [2.75, 3.05) is 13.7 Å². The zero-order chi connectivity index (χ0) is 15.6. The molecular formula is C16H18ClNO3. The number of benzene rings is 1. The number of hydrogen-bond acceptors (Lipinski definition) is 4. The number of pyridine rings is 1. The van der Waals surface area contributed by atoms with Crippen molar-refractivity contribution in [1.82, 2.24) is 4.98 Å². The van der Waals surface area contributed by atoms with Gasteiger partial charge in [0, 0.05) is 11.6 Å². The maximum atomic E-state index is 12.1. The monoisotopic (exact) mass is 307 g/mol. The third-order valence-corrected chi connectivity index (χ3v) is 3.55. The largest absolute Gasteiger partial charge is 0.495 e.